The van der Waals surface area contributed by atoms with Crippen molar-refractivity contribution >= 4 is 17.7 Å². The summed E-state index contributed by atoms with van der Waals surface area (Å²) in [5.74, 6) is -0.221. The molecule has 0 saturated carbocycles. The summed E-state index contributed by atoms with van der Waals surface area (Å²) >= 11 is 1.30. The third kappa shape index (κ3) is 2.54. The van der Waals surface area contributed by atoms with Gasteiger partial charge in [-0.3, -0.25) is 9.36 Å². The molecule has 1 aromatic rings. The first-order chi connectivity index (χ1) is 8.11. The first-order valence-electron chi connectivity index (χ1n) is 5.64. The Morgan fingerprint density at radius 2 is 2.35 bits per heavy atom. The predicted octanol–water partition coefficient (Wildman–Crippen LogP) is 0.777. The molecular weight excluding hydrogens is 242 g/mol. The van der Waals surface area contributed by atoms with E-state index < -0.39 is 0 Å². The lowest BCUT2D eigenvalue weighted by Crippen LogP contribution is -2.18. The Balaban J connectivity index is 2.13. The fraction of sp³-hybridized carbons (Fsp3) is 0.700. The van der Waals surface area contributed by atoms with Crippen LogP contribution < -0.4 is 5.69 Å². The molecule has 0 spiro atoms. The van der Waals surface area contributed by atoms with Crippen molar-refractivity contribution in [2.24, 2.45) is 0 Å². The number of hydrogen-bond donors (Lipinski definition) is 1. The number of rotatable bonds is 4. The summed E-state index contributed by atoms with van der Waals surface area (Å²) < 4.78 is 6.62. The quantitative estimate of drug-likeness (QED) is 0.806. The van der Waals surface area contributed by atoms with Gasteiger partial charge in [0, 0.05) is 13.0 Å². The molecule has 17 heavy (non-hydrogen) atoms. The van der Waals surface area contributed by atoms with Crippen LogP contribution in [0.1, 0.15) is 26.7 Å². The van der Waals surface area contributed by atoms with Crippen LogP contribution in [-0.4, -0.2) is 32.1 Å². The highest BCUT2D eigenvalue weighted by Gasteiger charge is 2.34. The smallest absolute Gasteiger partial charge is 0.343 e. The SMILES string of the molecule is CCCn1c(S[C@H]2C[C@H](C)OC2=O)n[nH]c1=O. The number of ether oxygens (including phenoxy) is 1. The summed E-state index contributed by atoms with van der Waals surface area (Å²) in [6.45, 7) is 4.46. The van der Waals surface area contributed by atoms with Gasteiger partial charge in [0.25, 0.3) is 0 Å². The Hall–Kier alpha value is -1.24. The van der Waals surface area contributed by atoms with Crippen LogP contribution in [0.25, 0.3) is 0 Å². The van der Waals surface area contributed by atoms with E-state index in [9.17, 15) is 9.59 Å². The molecule has 2 rings (SSSR count). The molecule has 0 unspecified atom stereocenters. The van der Waals surface area contributed by atoms with E-state index in [4.69, 9.17) is 4.74 Å². The highest BCUT2D eigenvalue weighted by Crippen LogP contribution is 2.30. The van der Waals surface area contributed by atoms with Crippen molar-refractivity contribution in [2.45, 2.75) is 49.7 Å². The monoisotopic (exact) mass is 257 g/mol. The minimum absolute atomic E-state index is 0.0507. The fourth-order valence-electron chi connectivity index (χ4n) is 1.76. The van der Waals surface area contributed by atoms with Crippen molar-refractivity contribution in [1.82, 2.24) is 14.8 Å². The average molecular weight is 257 g/mol. The summed E-state index contributed by atoms with van der Waals surface area (Å²) in [6.07, 6.45) is 1.46. The Labute approximate surface area is 103 Å². The molecule has 7 heteroatoms. The number of aromatic nitrogens is 3. The van der Waals surface area contributed by atoms with Crippen molar-refractivity contribution in [1.29, 1.82) is 0 Å². The third-order valence-electron chi connectivity index (χ3n) is 2.54. The topological polar surface area (TPSA) is 77.0 Å². The number of thioether (sulfide) groups is 1. The molecule has 0 bridgehead atoms. The van der Waals surface area contributed by atoms with E-state index >= 15 is 0 Å². The van der Waals surface area contributed by atoms with Gasteiger partial charge in [-0.15, -0.1) is 5.10 Å². The number of cyclic esters (lactones) is 1. The molecule has 0 aliphatic carbocycles. The van der Waals surface area contributed by atoms with Gasteiger partial charge in [-0.05, 0) is 13.3 Å². The number of nitrogens with zero attached hydrogens (tertiary/aromatic N) is 2. The van der Waals surface area contributed by atoms with E-state index in [1.165, 1.54) is 11.8 Å². The van der Waals surface area contributed by atoms with Gasteiger partial charge < -0.3 is 4.74 Å². The largest absolute Gasteiger partial charge is 0.462 e. The third-order valence-corrected chi connectivity index (χ3v) is 3.74. The first-order valence-corrected chi connectivity index (χ1v) is 6.52. The first kappa shape index (κ1) is 12.2. The van der Waals surface area contributed by atoms with Crippen LogP contribution in [0.5, 0.6) is 0 Å². The lowest BCUT2D eigenvalue weighted by molar-refractivity contribution is -0.140. The molecule has 1 fully saturated rings. The molecule has 0 radical (unpaired) electrons. The van der Waals surface area contributed by atoms with Crippen LogP contribution in [0.15, 0.2) is 9.95 Å². The fourth-order valence-corrected chi connectivity index (χ4v) is 2.93. The van der Waals surface area contributed by atoms with E-state index in [0.29, 0.717) is 18.1 Å². The van der Waals surface area contributed by atoms with Gasteiger partial charge >= 0.3 is 11.7 Å². The molecule has 2 heterocycles. The van der Waals surface area contributed by atoms with Gasteiger partial charge in [0.2, 0.25) is 0 Å². The summed E-state index contributed by atoms with van der Waals surface area (Å²) in [5.41, 5.74) is -0.228. The molecule has 1 aliphatic rings. The van der Waals surface area contributed by atoms with Gasteiger partial charge in [0.15, 0.2) is 5.16 Å². The molecule has 1 saturated heterocycles. The van der Waals surface area contributed by atoms with Crippen molar-refractivity contribution in [2.75, 3.05) is 0 Å². The van der Waals surface area contributed by atoms with E-state index in [1.54, 1.807) is 4.57 Å². The van der Waals surface area contributed by atoms with Gasteiger partial charge in [-0.1, -0.05) is 18.7 Å². The average Bonchev–Trinajstić information content (AvgIpc) is 2.76. The van der Waals surface area contributed by atoms with E-state index in [1.807, 2.05) is 13.8 Å². The summed E-state index contributed by atoms with van der Waals surface area (Å²) in [4.78, 5) is 23.0. The Morgan fingerprint density at radius 3 is 2.94 bits per heavy atom. The van der Waals surface area contributed by atoms with Crippen LogP contribution in [0.4, 0.5) is 0 Å². The van der Waals surface area contributed by atoms with Crippen molar-refractivity contribution in [3.05, 3.63) is 10.5 Å². The molecule has 0 amide bonds. The second-order valence-corrected chi connectivity index (χ2v) is 5.22. The second kappa shape index (κ2) is 4.95. The minimum Gasteiger partial charge on any atom is -0.462 e. The molecular formula is C10H15N3O3S. The number of esters is 1. The lowest BCUT2D eigenvalue weighted by Gasteiger charge is -2.05. The molecule has 1 aliphatic heterocycles. The number of hydrogen-bond acceptors (Lipinski definition) is 5. The van der Waals surface area contributed by atoms with E-state index in [2.05, 4.69) is 10.2 Å². The van der Waals surface area contributed by atoms with E-state index in [-0.39, 0.29) is 23.0 Å². The maximum Gasteiger partial charge on any atom is 0.343 e. The molecule has 6 nitrogen and oxygen atoms in total. The number of aromatic amines is 1. The zero-order valence-corrected chi connectivity index (χ0v) is 10.6. The standard InChI is InChI=1S/C10H15N3O3S/c1-3-4-13-9(15)11-12-10(13)17-7-5-6(2)16-8(7)14/h6-7H,3-5H2,1-2H3,(H,11,15)/t6-,7-/m0/s1. The van der Waals surface area contributed by atoms with Gasteiger partial charge in [-0.25, -0.2) is 9.89 Å². The molecule has 2 atom stereocenters. The highest BCUT2D eigenvalue weighted by atomic mass is 32.2. The van der Waals surface area contributed by atoms with Gasteiger partial charge in [0.1, 0.15) is 11.4 Å². The molecule has 1 N–H and O–H groups in total. The zero-order chi connectivity index (χ0) is 12.4. The van der Waals surface area contributed by atoms with Crippen molar-refractivity contribution in [3.8, 4) is 0 Å². The van der Waals surface area contributed by atoms with Gasteiger partial charge in [-0.2, -0.15) is 0 Å². The zero-order valence-electron chi connectivity index (χ0n) is 9.80. The Kier molecular flexibility index (Phi) is 3.56. The molecule has 94 valence electrons. The lowest BCUT2D eigenvalue weighted by atomic mass is 10.3. The van der Waals surface area contributed by atoms with Crippen LogP contribution >= 0.6 is 11.8 Å². The predicted molar refractivity (Wildman–Crippen MR) is 63.0 cm³/mol. The Morgan fingerprint density at radius 1 is 1.59 bits per heavy atom. The van der Waals surface area contributed by atoms with Crippen LogP contribution in [0, 0.1) is 0 Å². The molecule has 1 aromatic heterocycles. The van der Waals surface area contributed by atoms with E-state index in [0.717, 1.165) is 6.42 Å². The van der Waals surface area contributed by atoms with Gasteiger partial charge in [0.05, 0.1) is 0 Å². The summed E-state index contributed by atoms with van der Waals surface area (Å²) in [7, 11) is 0. The highest BCUT2D eigenvalue weighted by molar-refractivity contribution is 8.00. The summed E-state index contributed by atoms with van der Waals surface area (Å²) in [6, 6.07) is 0. The number of nitrogens with one attached hydrogen (secondary N) is 1. The van der Waals surface area contributed by atoms with Crippen LogP contribution in [0.3, 0.4) is 0 Å². The summed E-state index contributed by atoms with van der Waals surface area (Å²) in [5, 5.41) is 6.65. The minimum atomic E-state index is -0.254. The van der Waals surface area contributed by atoms with Crippen molar-refractivity contribution < 1.29 is 9.53 Å². The van der Waals surface area contributed by atoms with Crippen molar-refractivity contribution in [3.63, 3.8) is 0 Å². The normalized spacial score (nSPS) is 24.0. The Bertz CT molecular complexity index is 468. The second-order valence-electron chi connectivity index (χ2n) is 4.05. The maximum absolute atomic E-state index is 11.5. The molecule has 0 aromatic carbocycles. The number of carbonyl (C=O) groups is 1. The number of H-pyrrole nitrogens is 1. The van der Waals surface area contributed by atoms with Crippen LogP contribution in [0.2, 0.25) is 0 Å². The number of carbonyl (C=O) groups excluding carboxylic acids is 1. The van der Waals surface area contributed by atoms with Crippen LogP contribution in [-0.2, 0) is 16.1 Å². The maximum atomic E-state index is 11.5.